The van der Waals surface area contributed by atoms with E-state index in [4.69, 9.17) is 4.74 Å². The van der Waals surface area contributed by atoms with E-state index in [0.717, 1.165) is 16.9 Å². The van der Waals surface area contributed by atoms with Crippen LogP contribution in [0.4, 0.5) is 29.2 Å². The van der Waals surface area contributed by atoms with E-state index in [9.17, 15) is 5.11 Å². The molecule has 0 bridgehead atoms. The Bertz CT molecular complexity index is 1140. The molecule has 9 heteroatoms. The van der Waals surface area contributed by atoms with Crippen LogP contribution in [0.2, 0.25) is 0 Å². The molecular formula is C23H21N7O2. The first-order valence-electron chi connectivity index (χ1n) is 9.76. The molecule has 9 nitrogen and oxygen atoms in total. The molecule has 0 atom stereocenters. The summed E-state index contributed by atoms with van der Waals surface area (Å²) in [5, 5.41) is 20.2. The highest BCUT2D eigenvalue weighted by atomic mass is 16.5. The summed E-state index contributed by atoms with van der Waals surface area (Å²) in [6.07, 6.45) is 1.57. The van der Waals surface area contributed by atoms with Crippen LogP contribution in [-0.2, 0) is 0 Å². The highest BCUT2D eigenvalue weighted by molar-refractivity contribution is 5.81. The first kappa shape index (κ1) is 20.6. The van der Waals surface area contributed by atoms with Crippen molar-refractivity contribution in [1.29, 1.82) is 0 Å². The van der Waals surface area contributed by atoms with Crippen LogP contribution in [0.25, 0.3) is 0 Å². The molecule has 0 saturated heterocycles. The van der Waals surface area contributed by atoms with Gasteiger partial charge in [-0.15, -0.1) is 0 Å². The summed E-state index contributed by atoms with van der Waals surface area (Å²) in [6.45, 7) is 0. The van der Waals surface area contributed by atoms with Crippen molar-refractivity contribution in [2.75, 3.05) is 23.2 Å². The fraction of sp³-hybridized carbons (Fsp3) is 0.0435. The SMILES string of the molecule is COc1cc(C=NNc2nc(Nc3ccccc3)nc(Nc3ccccc3)n2)ccc1O. The number of aromatic nitrogens is 3. The Morgan fingerprint density at radius 2 is 1.34 bits per heavy atom. The maximum Gasteiger partial charge on any atom is 0.250 e. The number of benzene rings is 3. The zero-order chi connectivity index (χ0) is 22.2. The van der Waals surface area contributed by atoms with Gasteiger partial charge < -0.3 is 20.5 Å². The fourth-order valence-electron chi connectivity index (χ4n) is 2.78. The first-order chi connectivity index (χ1) is 15.7. The van der Waals surface area contributed by atoms with Crippen LogP contribution in [0.1, 0.15) is 5.56 Å². The van der Waals surface area contributed by atoms with Crippen molar-refractivity contribution in [3.05, 3.63) is 84.4 Å². The smallest absolute Gasteiger partial charge is 0.250 e. The summed E-state index contributed by atoms with van der Waals surface area (Å²) in [4.78, 5) is 13.2. The van der Waals surface area contributed by atoms with Gasteiger partial charge in [0.1, 0.15) is 0 Å². The molecule has 1 heterocycles. The summed E-state index contributed by atoms with van der Waals surface area (Å²) in [5.41, 5.74) is 5.23. The van der Waals surface area contributed by atoms with E-state index in [2.05, 4.69) is 36.1 Å². The summed E-state index contributed by atoms with van der Waals surface area (Å²) >= 11 is 0. The zero-order valence-electron chi connectivity index (χ0n) is 17.2. The predicted molar refractivity (Wildman–Crippen MR) is 125 cm³/mol. The van der Waals surface area contributed by atoms with Crippen LogP contribution in [0, 0.1) is 0 Å². The number of hydrogen-bond acceptors (Lipinski definition) is 9. The minimum atomic E-state index is 0.0586. The molecule has 3 aromatic carbocycles. The molecular weight excluding hydrogens is 406 g/mol. The fourth-order valence-corrected chi connectivity index (χ4v) is 2.78. The number of nitrogens with zero attached hydrogens (tertiary/aromatic N) is 4. The second-order valence-electron chi connectivity index (χ2n) is 6.59. The van der Waals surface area contributed by atoms with Gasteiger partial charge in [0.25, 0.3) is 0 Å². The topological polar surface area (TPSA) is 117 Å². The molecule has 0 aliphatic rings. The Kier molecular flexibility index (Phi) is 6.37. The zero-order valence-corrected chi connectivity index (χ0v) is 17.2. The van der Waals surface area contributed by atoms with Gasteiger partial charge in [-0.25, -0.2) is 5.43 Å². The van der Waals surface area contributed by atoms with Crippen molar-refractivity contribution < 1.29 is 9.84 Å². The normalized spacial score (nSPS) is 10.7. The maximum absolute atomic E-state index is 9.72. The highest BCUT2D eigenvalue weighted by Crippen LogP contribution is 2.25. The Labute approximate surface area is 184 Å². The molecule has 4 N–H and O–H groups in total. The van der Waals surface area contributed by atoms with E-state index in [1.807, 2.05) is 60.7 Å². The quantitative estimate of drug-likeness (QED) is 0.240. The lowest BCUT2D eigenvalue weighted by atomic mass is 10.2. The number of anilines is 5. The molecule has 1 aromatic heterocycles. The largest absolute Gasteiger partial charge is 0.504 e. The van der Waals surface area contributed by atoms with E-state index < -0.39 is 0 Å². The molecule has 0 saturated carbocycles. The van der Waals surface area contributed by atoms with E-state index in [0.29, 0.717) is 17.6 Å². The van der Waals surface area contributed by atoms with Crippen LogP contribution in [-0.4, -0.2) is 33.4 Å². The Morgan fingerprint density at radius 3 is 1.91 bits per heavy atom. The highest BCUT2D eigenvalue weighted by Gasteiger charge is 2.07. The van der Waals surface area contributed by atoms with Gasteiger partial charge in [-0.3, -0.25) is 0 Å². The van der Waals surface area contributed by atoms with E-state index in [-0.39, 0.29) is 11.7 Å². The van der Waals surface area contributed by atoms with Gasteiger partial charge in [-0.1, -0.05) is 36.4 Å². The standard InChI is InChI=1S/C23H21N7O2/c1-32-20-14-16(12-13-19(20)31)15-24-30-23-28-21(25-17-8-4-2-5-9-17)27-22(29-23)26-18-10-6-3-7-11-18/h2-15,31H,1H3,(H3,25,26,27,28,29,30). The Morgan fingerprint density at radius 1 is 0.781 bits per heavy atom. The third-order valence-electron chi connectivity index (χ3n) is 4.28. The third-order valence-corrected chi connectivity index (χ3v) is 4.28. The third kappa shape index (κ3) is 5.48. The summed E-state index contributed by atoms with van der Waals surface area (Å²) in [7, 11) is 1.49. The summed E-state index contributed by atoms with van der Waals surface area (Å²) in [6, 6.07) is 24.1. The van der Waals surface area contributed by atoms with Crippen molar-refractivity contribution in [3.63, 3.8) is 0 Å². The van der Waals surface area contributed by atoms with Gasteiger partial charge in [0.15, 0.2) is 11.5 Å². The number of ether oxygens (including phenoxy) is 1. The van der Waals surface area contributed by atoms with Crippen LogP contribution in [0.15, 0.2) is 84.0 Å². The minimum absolute atomic E-state index is 0.0586. The lowest BCUT2D eigenvalue weighted by Gasteiger charge is -2.10. The Balaban J connectivity index is 1.56. The predicted octanol–water partition coefficient (Wildman–Crippen LogP) is 4.52. The van der Waals surface area contributed by atoms with Crippen molar-refractivity contribution >= 4 is 35.4 Å². The number of hydrazone groups is 1. The van der Waals surface area contributed by atoms with Gasteiger partial charge in [-0.05, 0) is 48.0 Å². The first-order valence-corrected chi connectivity index (χ1v) is 9.76. The van der Waals surface area contributed by atoms with E-state index >= 15 is 0 Å². The van der Waals surface area contributed by atoms with Gasteiger partial charge in [0.2, 0.25) is 17.8 Å². The van der Waals surface area contributed by atoms with E-state index in [1.165, 1.54) is 13.2 Å². The Hall–Kier alpha value is -4.66. The lowest BCUT2D eigenvalue weighted by Crippen LogP contribution is -2.07. The van der Waals surface area contributed by atoms with Crippen LogP contribution in [0.5, 0.6) is 11.5 Å². The molecule has 4 aromatic rings. The second kappa shape index (κ2) is 9.90. The minimum Gasteiger partial charge on any atom is -0.504 e. The monoisotopic (exact) mass is 427 g/mol. The van der Waals surface area contributed by atoms with Crippen molar-refractivity contribution in [1.82, 2.24) is 15.0 Å². The summed E-state index contributed by atoms with van der Waals surface area (Å²) in [5.74, 6) is 1.38. The number of rotatable bonds is 8. The molecule has 32 heavy (non-hydrogen) atoms. The number of methoxy groups -OCH3 is 1. The molecule has 0 radical (unpaired) electrons. The van der Waals surface area contributed by atoms with Crippen molar-refractivity contribution in [3.8, 4) is 11.5 Å². The van der Waals surface area contributed by atoms with Crippen molar-refractivity contribution in [2.45, 2.75) is 0 Å². The van der Waals surface area contributed by atoms with Crippen LogP contribution in [0.3, 0.4) is 0 Å². The molecule has 160 valence electrons. The van der Waals surface area contributed by atoms with Gasteiger partial charge in [-0.2, -0.15) is 20.1 Å². The molecule has 0 aliphatic carbocycles. The van der Waals surface area contributed by atoms with Crippen molar-refractivity contribution in [2.24, 2.45) is 5.10 Å². The van der Waals surface area contributed by atoms with Gasteiger partial charge in [0, 0.05) is 11.4 Å². The second-order valence-corrected chi connectivity index (χ2v) is 6.59. The van der Waals surface area contributed by atoms with Gasteiger partial charge >= 0.3 is 0 Å². The average Bonchev–Trinajstić information content (AvgIpc) is 2.81. The van der Waals surface area contributed by atoms with Crippen LogP contribution < -0.4 is 20.8 Å². The number of phenols is 1. The number of para-hydroxylation sites is 2. The van der Waals surface area contributed by atoms with Crippen LogP contribution >= 0.6 is 0 Å². The molecule has 0 spiro atoms. The number of hydrogen-bond donors (Lipinski definition) is 4. The average molecular weight is 427 g/mol. The molecule has 0 amide bonds. The molecule has 0 aliphatic heterocycles. The lowest BCUT2D eigenvalue weighted by molar-refractivity contribution is 0.373. The maximum atomic E-state index is 9.72. The number of phenolic OH excluding ortho intramolecular Hbond substituents is 1. The molecule has 4 rings (SSSR count). The molecule has 0 unspecified atom stereocenters. The number of aromatic hydroxyl groups is 1. The summed E-state index contributed by atoms with van der Waals surface area (Å²) < 4.78 is 5.11. The number of nitrogens with one attached hydrogen (secondary N) is 3. The molecule has 0 fully saturated rings. The van der Waals surface area contributed by atoms with E-state index in [1.54, 1.807) is 18.3 Å². The van der Waals surface area contributed by atoms with Gasteiger partial charge in [0.05, 0.1) is 13.3 Å².